The van der Waals surface area contributed by atoms with E-state index < -0.39 is 0 Å². The highest BCUT2D eigenvalue weighted by atomic mass is 35.5. The molecule has 1 saturated heterocycles. The predicted molar refractivity (Wildman–Crippen MR) is 124 cm³/mol. The fourth-order valence-corrected chi connectivity index (χ4v) is 5.40. The minimum absolute atomic E-state index is 0.0861. The molecule has 0 amide bonds. The maximum Gasteiger partial charge on any atom is 0.263 e. The number of rotatable bonds is 3. The fraction of sp³-hybridized carbons (Fsp3) is 0.435. The summed E-state index contributed by atoms with van der Waals surface area (Å²) in [6, 6.07) is 7.43. The fourth-order valence-electron chi connectivity index (χ4n) is 5.15. The van der Waals surface area contributed by atoms with E-state index in [2.05, 4.69) is 16.0 Å². The molecule has 0 spiro atoms. The zero-order valence-electron chi connectivity index (χ0n) is 17.7. The van der Waals surface area contributed by atoms with E-state index >= 15 is 0 Å². The van der Waals surface area contributed by atoms with Crippen molar-refractivity contribution in [1.82, 2.24) is 19.5 Å². The van der Waals surface area contributed by atoms with Crippen molar-refractivity contribution < 1.29 is 0 Å². The van der Waals surface area contributed by atoms with Crippen LogP contribution in [-0.4, -0.2) is 26.1 Å². The molecule has 2 aromatic heterocycles. The number of anilines is 2. The van der Waals surface area contributed by atoms with Gasteiger partial charge in [-0.05, 0) is 37.8 Å². The first-order valence-corrected chi connectivity index (χ1v) is 11.5. The van der Waals surface area contributed by atoms with E-state index in [4.69, 9.17) is 22.3 Å². The van der Waals surface area contributed by atoms with Gasteiger partial charge in [0.25, 0.3) is 5.56 Å². The summed E-state index contributed by atoms with van der Waals surface area (Å²) in [5, 5.41) is 10.6. The van der Waals surface area contributed by atoms with Gasteiger partial charge in [0, 0.05) is 12.6 Å². The number of nitrogen functional groups attached to an aromatic ring is 1. The van der Waals surface area contributed by atoms with E-state index in [1.165, 1.54) is 12.7 Å². The largest absolute Gasteiger partial charge is 0.382 e. The van der Waals surface area contributed by atoms with Crippen LogP contribution in [0.5, 0.6) is 0 Å². The van der Waals surface area contributed by atoms with Gasteiger partial charge in [0.05, 0.1) is 22.0 Å². The van der Waals surface area contributed by atoms with Crippen molar-refractivity contribution in [2.45, 2.75) is 57.0 Å². The Morgan fingerprint density at radius 1 is 1.12 bits per heavy atom. The van der Waals surface area contributed by atoms with Crippen LogP contribution in [0.4, 0.5) is 11.6 Å². The maximum absolute atomic E-state index is 13.8. The Hall–Kier alpha value is -3.18. The Morgan fingerprint density at radius 2 is 1.94 bits per heavy atom. The van der Waals surface area contributed by atoms with Crippen molar-refractivity contribution in [3.8, 4) is 6.07 Å². The van der Waals surface area contributed by atoms with Crippen LogP contribution < -0.4 is 16.2 Å². The summed E-state index contributed by atoms with van der Waals surface area (Å²) < 4.78 is 1.88. The van der Waals surface area contributed by atoms with Gasteiger partial charge in [-0.1, -0.05) is 36.9 Å². The van der Waals surface area contributed by atoms with Gasteiger partial charge in [0.1, 0.15) is 29.6 Å². The van der Waals surface area contributed by atoms with E-state index in [-0.39, 0.29) is 29.0 Å². The highest BCUT2D eigenvalue weighted by Crippen LogP contribution is 2.39. The zero-order chi connectivity index (χ0) is 22.2. The molecule has 5 rings (SSSR count). The Kier molecular flexibility index (Phi) is 5.43. The highest BCUT2D eigenvalue weighted by Gasteiger charge is 2.35. The van der Waals surface area contributed by atoms with Gasteiger partial charge < -0.3 is 10.6 Å². The van der Waals surface area contributed by atoms with Crippen LogP contribution in [0.3, 0.4) is 0 Å². The van der Waals surface area contributed by atoms with Crippen molar-refractivity contribution in [2.75, 3.05) is 17.2 Å². The average molecular weight is 450 g/mol. The number of hydrogen-bond acceptors (Lipinski definition) is 7. The minimum atomic E-state index is -0.186. The normalized spacial score (nSPS) is 19.4. The molecule has 2 N–H and O–H groups in total. The standard InChI is InChI=1S/C23H24ClN7O/c24-16-8-4-9-17-19(16)23(32)31(14-6-2-1-3-7-14)22(29-17)18-10-5-11-30(18)21-15(12-25)20(26)27-13-28-21/h4,8-9,13-14,18H,1-3,5-7,10-11H2,(H2,26,27,28). The molecular weight excluding hydrogens is 426 g/mol. The van der Waals surface area contributed by atoms with Crippen LogP contribution in [-0.2, 0) is 0 Å². The number of aromatic nitrogens is 4. The van der Waals surface area contributed by atoms with E-state index in [9.17, 15) is 10.1 Å². The minimum Gasteiger partial charge on any atom is -0.382 e. The van der Waals surface area contributed by atoms with Gasteiger partial charge in [0.2, 0.25) is 0 Å². The maximum atomic E-state index is 13.8. The van der Waals surface area contributed by atoms with Crippen molar-refractivity contribution in [2.24, 2.45) is 0 Å². The molecule has 1 aromatic carbocycles. The summed E-state index contributed by atoms with van der Waals surface area (Å²) >= 11 is 6.44. The smallest absolute Gasteiger partial charge is 0.263 e. The third-order valence-corrected chi connectivity index (χ3v) is 6.95. The Bertz CT molecular complexity index is 1280. The lowest BCUT2D eigenvalue weighted by Crippen LogP contribution is -2.36. The average Bonchev–Trinajstić information content (AvgIpc) is 3.29. The summed E-state index contributed by atoms with van der Waals surface area (Å²) in [6.45, 7) is 0.698. The van der Waals surface area contributed by atoms with Crippen LogP contribution in [0.25, 0.3) is 10.9 Å². The number of nitrogens with two attached hydrogens (primary N) is 1. The van der Waals surface area contributed by atoms with E-state index in [0.717, 1.165) is 44.3 Å². The second-order valence-corrected chi connectivity index (χ2v) is 8.90. The van der Waals surface area contributed by atoms with Gasteiger partial charge in [-0.2, -0.15) is 5.26 Å². The third kappa shape index (κ3) is 3.37. The molecule has 9 heteroatoms. The monoisotopic (exact) mass is 449 g/mol. The van der Waals surface area contributed by atoms with Crippen molar-refractivity contribution >= 4 is 34.1 Å². The number of benzene rings is 1. The van der Waals surface area contributed by atoms with Gasteiger partial charge in [0.15, 0.2) is 5.82 Å². The molecule has 1 aliphatic carbocycles. The molecule has 3 heterocycles. The second-order valence-electron chi connectivity index (χ2n) is 8.49. The number of halogens is 1. The molecule has 3 aromatic rings. The number of nitrogens with zero attached hydrogens (tertiary/aromatic N) is 6. The molecule has 1 atom stereocenters. The van der Waals surface area contributed by atoms with Crippen LogP contribution in [0.2, 0.25) is 5.02 Å². The molecule has 0 radical (unpaired) electrons. The van der Waals surface area contributed by atoms with E-state index in [0.29, 0.717) is 28.3 Å². The molecule has 1 aliphatic heterocycles. The topological polar surface area (TPSA) is 114 Å². The Morgan fingerprint density at radius 3 is 2.72 bits per heavy atom. The number of hydrogen-bond donors (Lipinski definition) is 1. The van der Waals surface area contributed by atoms with Gasteiger partial charge in [-0.3, -0.25) is 9.36 Å². The summed E-state index contributed by atoms with van der Waals surface area (Å²) in [4.78, 5) is 29.2. The van der Waals surface area contributed by atoms with Crippen LogP contribution >= 0.6 is 11.6 Å². The lowest BCUT2D eigenvalue weighted by Gasteiger charge is -2.32. The van der Waals surface area contributed by atoms with Crippen LogP contribution in [0.1, 0.15) is 68.4 Å². The molecule has 32 heavy (non-hydrogen) atoms. The lowest BCUT2D eigenvalue weighted by molar-refractivity contribution is 0.330. The summed E-state index contributed by atoms with van der Waals surface area (Å²) in [5.74, 6) is 1.37. The van der Waals surface area contributed by atoms with E-state index in [1.807, 2.05) is 21.6 Å². The van der Waals surface area contributed by atoms with Gasteiger partial charge in [-0.15, -0.1) is 0 Å². The quantitative estimate of drug-likeness (QED) is 0.638. The Balaban J connectivity index is 1.72. The molecule has 1 unspecified atom stereocenters. The first-order chi connectivity index (χ1) is 15.6. The zero-order valence-corrected chi connectivity index (χ0v) is 18.4. The SMILES string of the molecule is N#Cc1c(N)ncnc1N1CCCC1c1nc2cccc(Cl)c2c(=O)n1C1CCCCC1. The molecule has 8 nitrogen and oxygen atoms in total. The van der Waals surface area contributed by atoms with Crippen molar-refractivity contribution in [3.63, 3.8) is 0 Å². The first kappa shape index (κ1) is 20.7. The number of fused-ring (bicyclic) bond motifs is 1. The second kappa shape index (κ2) is 8.40. The van der Waals surface area contributed by atoms with Gasteiger partial charge in [-0.25, -0.2) is 15.0 Å². The molecule has 0 bridgehead atoms. The lowest BCUT2D eigenvalue weighted by atomic mass is 9.94. The van der Waals surface area contributed by atoms with Crippen molar-refractivity contribution in [1.29, 1.82) is 5.26 Å². The van der Waals surface area contributed by atoms with Crippen LogP contribution in [0.15, 0.2) is 29.3 Å². The van der Waals surface area contributed by atoms with E-state index in [1.54, 1.807) is 6.07 Å². The third-order valence-electron chi connectivity index (χ3n) is 6.64. The van der Waals surface area contributed by atoms with Crippen molar-refractivity contribution in [3.05, 3.63) is 51.3 Å². The molecular formula is C23H24ClN7O. The summed E-state index contributed by atoms with van der Waals surface area (Å²) in [5.41, 5.74) is 6.73. The molecule has 1 saturated carbocycles. The number of nitriles is 1. The molecule has 164 valence electrons. The predicted octanol–water partition coefficient (Wildman–Crippen LogP) is 4.14. The summed E-state index contributed by atoms with van der Waals surface area (Å²) in [7, 11) is 0. The molecule has 2 fully saturated rings. The summed E-state index contributed by atoms with van der Waals surface area (Å²) in [6.07, 6.45) is 8.33. The molecule has 2 aliphatic rings. The van der Waals surface area contributed by atoms with Crippen LogP contribution in [0, 0.1) is 11.3 Å². The highest BCUT2D eigenvalue weighted by molar-refractivity contribution is 6.35. The Labute approximate surface area is 190 Å². The van der Waals surface area contributed by atoms with Gasteiger partial charge >= 0.3 is 0 Å². The first-order valence-electron chi connectivity index (χ1n) is 11.1.